The number of para-hydroxylation sites is 7. The number of aromatic nitrogens is 7. The van der Waals surface area contributed by atoms with Crippen LogP contribution in [0.3, 0.4) is 0 Å². The van der Waals surface area contributed by atoms with Gasteiger partial charge in [-0.05, 0) is 121 Å². The first-order chi connectivity index (χ1) is 43.3. The highest BCUT2D eigenvalue weighted by Crippen LogP contribution is 2.37. The Labute approximate surface area is 505 Å². The molecule has 0 aliphatic rings. The molecule has 0 bridgehead atoms. The van der Waals surface area contributed by atoms with Crippen LogP contribution in [-0.4, -0.2) is 73.9 Å². The molecule has 8 aromatic carbocycles. The molecular weight excluding hydrogens is 1150 g/mol. The van der Waals surface area contributed by atoms with Crippen molar-refractivity contribution in [2.24, 2.45) is 0 Å². The number of terminal acetylenes is 1. The molecule has 12 rings (SSSR count). The van der Waals surface area contributed by atoms with Crippen molar-refractivity contribution in [1.82, 2.24) is 34.9 Å². The molecule has 0 spiro atoms. The van der Waals surface area contributed by atoms with Crippen LogP contribution in [0, 0.1) is 29.8 Å². The molecule has 440 valence electrons. The highest BCUT2D eigenvalue weighted by Gasteiger charge is 2.24. The highest BCUT2D eigenvalue weighted by atomic mass is 19.1. The number of carbonyl (C=O) groups is 3. The van der Waals surface area contributed by atoms with Gasteiger partial charge in [0.05, 0.1) is 66.3 Å². The second-order valence-electron chi connectivity index (χ2n) is 18.5. The van der Waals surface area contributed by atoms with E-state index in [2.05, 4.69) is 56.8 Å². The molecule has 0 atom stereocenters. The Kier molecular flexibility index (Phi) is 18.7. The van der Waals surface area contributed by atoms with Crippen molar-refractivity contribution in [1.29, 1.82) is 0 Å². The number of amides is 3. The second-order valence-corrected chi connectivity index (χ2v) is 18.5. The average molecular weight is 1190 g/mol. The first kappa shape index (κ1) is 59.6. The minimum absolute atomic E-state index is 0.000990. The number of benzene rings is 8. The zero-order chi connectivity index (χ0) is 62.2. The first-order valence-electron chi connectivity index (χ1n) is 26.7. The number of nitrogens with one attached hydrogen (secondary N) is 3. The molecule has 0 radical (unpaired) electrons. The largest absolute Gasteiger partial charge is 0.493 e. The summed E-state index contributed by atoms with van der Waals surface area (Å²) in [6.07, 6.45) is 8.47. The smallest absolute Gasteiger partial charge is 0.279 e. The van der Waals surface area contributed by atoms with E-state index in [0.29, 0.717) is 55.7 Å². The number of carbonyl (C=O) groups excluding carboxylic acids is 3. The van der Waals surface area contributed by atoms with Gasteiger partial charge in [-0.15, -0.1) is 6.42 Å². The SMILES string of the molecule is C#Cc1ccc(NC(=O)c2nc3ccccc3nc2Oc2ccc(F)cc2OC)cc1.COc1cc(F)ccc1Oc1nc2ccccc2nc1C(=O)Nc1ccccc1.COc1cc(F)ccc1Oc1nc2ccccc2nc1C(=O)Nc1cccnc1. The quantitative estimate of drug-likeness (QED) is 0.0810. The number of halogens is 3. The maximum absolute atomic E-state index is 13.5. The van der Waals surface area contributed by atoms with Crippen molar-refractivity contribution in [2.75, 3.05) is 37.3 Å². The van der Waals surface area contributed by atoms with E-state index < -0.39 is 35.2 Å². The molecule has 89 heavy (non-hydrogen) atoms. The summed E-state index contributed by atoms with van der Waals surface area (Å²) >= 11 is 0. The number of ether oxygens (including phenoxy) is 6. The molecule has 0 fully saturated rings. The van der Waals surface area contributed by atoms with Crippen molar-refractivity contribution in [3.8, 4) is 64.5 Å². The fraction of sp³-hybridized carbons (Fsp3) is 0.0448. The lowest BCUT2D eigenvalue weighted by Crippen LogP contribution is -2.16. The summed E-state index contributed by atoms with van der Waals surface area (Å²) in [5.41, 5.74) is 5.50. The molecule has 4 aromatic heterocycles. The number of anilines is 3. The number of nitrogens with zero attached hydrogens (tertiary/aromatic N) is 7. The fourth-order valence-electron chi connectivity index (χ4n) is 8.28. The Bertz CT molecular complexity index is 4420. The van der Waals surface area contributed by atoms with Gasteiger partial charge in [-0.3, -0.25) is 19.4 Å². The van der Waals surface area contributed by atoms with E-state index in [0.717, 1.165) is 0 Å². The van der Waals surface area contributed by atoms with Gasteiger partial charge in [0.1, 0.15) is 17.5 Å². The Balaban J connectivity index is 0.000000147. The van der Waals surface area contributed by atoms with Crippen LogP contribution in [0.1, 0.15) is 37.0 Å². The predicted molar refractivity (Wildman–Crippen MR) is 327 cm³/mol. The predicted octanol–water partition coefficient (Wildman–Crippen LogP) is 13.8. The standard InChI is InChI=1S/C24H16FN3O3.C22H16FN3O3.C21H15FN4O3/c1-3-15-8-11-17(12-9-15)26-23(29)22-24(28-19-7-5-4-6-18(19)27-22)31-20-13-10-16(25)14-21(20)30-2;1-28-19-13-14(23)11-12-18(19)29-22-20(21(27)24-15-7-3-2-4-8-15)25-16-9-5-6-10-17(16)26-22;1-28-18-11-13(22)8-9-17(18)29-21-19(20(27)24-14-5-4-10-23-12-14)25-15-6-2-3-7-16(15)26-21/h1,4-14H,2H3,(H,26,29);2-13H,1H3,(H,24,27);2-12H,1H3,(H,24,27). The molecule has 0 unspecified atom stereocenters. The van der Waals surface area contributed by atoms with Gasteiger partial charge in [0.2, 0.25) is 0 Å². The van der Waals surface area contributed by atoms with E-state index in [-0.39, 0.29) is 69.2 Å². The molecular formula is C67H47F3N10O9. The summed E-state index contributed by atoms with van der Waals surface area (Å²) in [5.74, 6) is 0.583. The number of fused-ring (bicyclic) bond motifs is 3. The van der Waals surface area contributed by atoms with Gasteiger partial charge in [0.15, 0.2) is 51.6 Å². The number of hydrogen-bond acceptors (Lipinski definition) is 16. The van der Waals surface area contributed by atoms with Crippen molar-refractivity contribution < 1.29 is 56.0 Å². The molecule has 12 aromatic rings. The average Bonchev–Trinajstić information content (AvgIpc) is 3.16. The minimum Gasteiger partial charge on any atom is -0.493 e. The maximum atomic E-state index is 13.5. The molecule has 0 aliphatic heterocycles. The van der Waals surface area contributed by atoms with Crippen LogP contribution in [-0.2, 0) is 0 Å². The van der Waals surface area contributed by atoms with Gasteiger partial charge in [0, 0.05) is 41.3 Å². The van der Waals surface area contributed by atoms with Crippen molar-refractivity contribution in [2.45, 2.75) is 0 Å². The van der Waals surface area contributed by atoms with Gasteiger partial charge in [-0.25, -0.2) is 43.1 Å². The van der Waals surface area contributed by atoms with Crippen molar-refractivity contribution >= 4 is 67.9 Å². The summed E-state index contributed by atoms with van der Waals surface area (Å²) in [5, 5.41) is 8.24. The summed E-state index contributed by atoms with van der Waals surface area (Å²) in [7, 11) is 4.18. The second kappa shape index (κ2) is 27.9. The van der Waals surface area contributed by atoms with Gasteiger partial charge in [-0.1, -0.05) is 60.5 Å². The van der Waals surface area contributed by atoms with E-state index >= 15 is 0 Å². The fourth-order valence-corrected chi connectivity index (χ4v) is 8.28. The zero-order valence-corrected chi connectivity index (χ0v) is 47.1. The monoisotopic (exact) mass is 1190 g/mol. The lowest BCUT2D eigenvalue weighted by atomic mass is 10.2. The summed E-state index contributed by atoms with van der Waals surface area (Å²) in [6.45, 7) is 0. The third-order valence-corrected chi connectivity index (χ3v) is 12.5. The van der Waals surface area contributed by atoms with Crippen LogP contribution in [0.4, 0.5) is 30.2 Å². The van der Waals surface area contributed by atoms with Crippen LogP contribution >= 0.6 is 0 Å². The number of rotatable bonds is 15. The molecule has 3 amide bonds. The number of pyridine rings is 1. The topological polar surface area (TPSA) is 233 Å². The van der Waals surface area contributed by atoms with Crippen LogP contribution < -0.4 is 44.4 Å². The zero-order valence-electron chi connectivity index (χ0n) is 47.1. The lowest BCUT2D eigenvalue weighted by molar-refractivity contribution is 0.101. The summed E-state index contributed by atoms with van der Waals surface area (Å²) in [4.78, 5) is 69.3. The van der Waals surface area contributed by atoms with Crippen LogP contribution in [0.2, 0.25) is 0 Å². The molecule has 3 N–H and O–H groups in total. The first-order valence-corrected chi connectivity index (χ1v) is 26.7. The van der Waals surface area contributed by atoms with E-state index in [1.54, 1.807) is 121 Å². The molecule has 22 heteroatoms. The van der Waals surface area contributed by atoms with E-state index in [1.165, 1.54) is 82.1 Å². The van der Waals surface area contributed by atoms with Gasteiger partial charge >= 0.3 is 0 Å². The van der Waals surface area contributed by atoms with Gasteiger partial charge in [0.25, 0.3) is 35.4 Å². The Morgan fingerprint density at radius 2 is 0.708 bits per heavy atom. The van der Waals surface area contributed by atoms with E-state index in [4.69, 9.17) is 34.8 Å². The highest BCUT2D eigenvalue weighted by molar-refractivity contribution is 6.07. The minimum atomic E-state index is -0.525. The number of hydrogen-bond donors (Lipinski definition) is 3. The van der Waals surface area contributed by atoms with Gasteiger partial charge < -0.3 is 44.4 Å². The summed E-state index contributed by atoms with van der Waals surface area (Å²) in [6, 6.07) is 51.9. The normalized spacial score (nSPS) is 10.5. The van der Waals surface area contributed by atoms with E-state index in [9.17, 15) is 27.6 Å². The maximum Gasteiger partial charge on any atom is 0.279 e. The molecule has 4 heterocycles. The number of methoxy groups -OCH3 is 3. The molecule has 0 saturated carbocycles. The van der Waals surface area contributed by atoms with Gasteiger partial charge in [-0.2, -0.15) is 0 Å². The summed E-state index contributed by atoms with van der Waals surface area (Å²) < 4.78 is 73.5. The van der Waals surface area contributed by atoms with Crippen molar-refractivity contribution in [3.05, 3.63) is 247 Å². The van der Waals surface area contributed by atoms with Crippen LogP contribution in [0.15, 0.2) is 207 Å². The van der Waals surface area contributed by atoms with Crippen LogP contribution in [0.25, 0.3) is 33.1 Å². The van der Waals surface area contributed by atoms with E-state index in [1.807, 2.05) is 24.3 Å². The Hall–Kier alpha value is -12.5. The Morgan fingerprint density at radius 1 is 0.382 bits per heavy atom. The molecule has 0 saturated heterocycles. The molecule has 19 nitrogen and oxygen atoms in total. The third-order valence-electron chi connectivity index (χ3n) is 12.5. The van der Waals surface area contributed by atoms with Crippen molar-refractivity contribution in [3.63, 3.8) is 0 Å². The van der Waals surface area contributed by atoms with Crippen LogP contribution in [0.5, 0.6) is 52.1 Å². The third kappa shape index (κ3) is 14.9. The lowest BCUT2D eigenvalue weighted by Gasteiger charge is -2.13. The Morgan fingerprint density at radius 3 is 1.04 bits per heavy atom. The molecule has 0 aliphatic carbocycles.